The largest absolute Gasteiger partial charge is 0.469 e. The molecule has 0 heterocycles. The Hall–Kier alpha value is -1.21. The first kappa shape index (κ1) is 23.8. The Morgan fingerprint density at radius 2 is 1.85 bits per heavy atom. The quantitative estimate of drug-likeness (QED) is 0.234. The molecule has 0 saturated heterocycles. The average molecular weight is 385 g/mol. The summed E-state index contributed by atoms with van der Waals surface area (Å²) < 4.78 is 4.60. The van der Waals surface area contributed by atoms with Crippen LogP contribution in [-0.2, 0) is 9.53 Å². The molecule has 1 aliphatic carbocycles. The van der Waals surface area contributed by atoms with Gasteiger partial charge in [0.05, 0.1) is 19.3 Å². The Bertz CT molecular complexity index is 487. The van der Waals surface area contributed by atoms with E-state index in [9.17, 15) is 25.2 Å². The smallest absolute Gasteiger partial charge is 0.305 e. The van der Waals surface area contributed by atoms with E-state index in [0.717, 1.165) is 38.5 Å². The van der Waals surface area contributed by atoms with E-state index in [0.29, 0.717) is 24.8 Å². The van der Waals surface area contributed by atoms with Crippen LogP contribution in [0.15, 0.2) is 23.8 Å². The lowest BCUT2D eigenvalue weighted by Gasteiger charge is -2.14. The monoisotopic (exact) mass is 384 g/mol. The van der Waals surface area contributed by atoms with Crippen LogP contribution >= 0.6 is 0 Å². The molecule has 1 fully saturated rings. The molecule has 5 atom stereocenters. The van der Waals surface area contributed by atoms with Gasteiger partial charge in [-0.2, -0.15) is 0 Å². The van der Waals surface area contributed by atoms with Gasteiger partial charge in [-0.3, -0.25) is 4.79 Å². The van der Waals surface area contributed by atoms with Crippen LogP contribution in [0.1, 0.15) is 64.7 Å². The van der Waals surface area contributed by atoms with Gasteiger partial charge in [-0.15, -0.1) is 0 Å². The number of ether oxygens (including phenoxy) is 1. The third-order valence-corrected chi connectivity index (χ3v) is 5.10. The topological polar surface area (TPSA) is 107 Å². The van der Waals surface area contributed by atoms with Crippen LogP contribution in [0.5, 0.6) is 0 Å². The molecule has 4 N–H and O–H groups in total. The number of esters is 1. The third-order valence-electron chi connectivity index (χ3n) is 5.10. The maximum Gasteiger partial charge on any atom is 0.305 e. The van der Waals surface area contributed by atoms with Crippen LogP contribution < -0.4 is 0 Å². The second kappa shape index (κ2) is 13.0. The Labute approximate surface area is 162 Å². The first-order valence-corrected chi connectivity index (χ1v) is 10.1. The number of hydrogen-bond acceptors (Lipinski definition) is 6. The number of methoxy groups -OCH3 is 1. The van der Waals surface area contributed by atoms with Gasteiger partial charge in [0.2, 0.25) is 0 Å². The van der Waals surface area contributed by atoms with E-state index in [1.54, 1.807) is 12.2 Å². The highest BCUT2D eigenvalue weighted by Gasteiger charge is 2.43. The fourth-order valence-electron chi connectivity index (χ4n) is 3.38. The summed E-state index contributed by atoms with van der Waals surface area (Å²) in [6.07, 6.45) is 8.52. The zero-order valence-corrected chi connectivity index (χ0v) is 16.6. The molecule has 0 aliphatic heterocycles. The molecular weight excluding hydrogens is 348 g/mol. The molecule has 1 saturated carbocycles. The lowest BCUT2D eigenvalue weighted by Crippen LogP contribution is -2.30. The maximum absolute atomic E-state index is 11.1. The molecule has 1 aliphatic rings. The number of carbonyl (C=O) groups excluding carboxylic acids is 1. The number of unbranched alkanes of at least 4 members (excludes halogenated alkanes) is 5. The Morgan fingerprint density at radius 3 is 2.52 bits per heavy atom. The molecule has 0 radical (unpaired) electrons. The number of hydrogen-bond donors (Lipinski definition) is 4. The lowest BCUT2D eigenvalue weighted by molar-refractivity contribution is -0.140. The molecule has 0 amide bonds. The van der Waals surface area contributed by atoms with Crippen LogP contribution in [0.3, 0.4) is 0 Å². The van der Waals surface area contributed by atoms with Gasteiger partial charge in [-0.1, -0.05) is 50.8 Å². The molecular formula is C21H36O6. The van der Waals surface area contributed by atoms with Crippen LogP contribution in [0.2, 0.25) is 0 Å². The highest BCUT2D eigenvalue weighted by Crippen LogP contribution is 2.34. The zero-order valence-electron chi connectivity index (χ0n) is 16.6. The van der Waals surface area contributed by atoms with Crippen molar-refractivity contribution in [3.63, 3.8) is 0 Å². The van der Waals surface area contributed by atoms with Crippen LogP contribution in [0.25, 0.3) is 0 Å². The Balaban J connectivity index is 2.56. The molecule has 0 unspecified atom stereocenters. The van der Waals surface area contributed by atoms with Gasteiger partial charge >= 0.3 is 5.97 Å². The minimum atomic E-state index is -1.22. The molecule has 27 heavy (non-hydrogen) atoms. The van der Waals surface area contributed by atoms with Crippen LogP contribution in [0.4, 0.5) is 0 Å². The summed E-state index contributed by atoms with van der Waals surface area (Å²) in [5, 5.41) is 40.4. The minimum Gasteiger partial charge on any atom is -0.469 e. The van der Waals surface area contributed by atoms with E-state index in [2.05, 4.69) is 11.7 Å². The van der Waals surface area contributed by atoms with Gasteiger partial charge in [0, 0.05) is 12.3 Å². The third kappa shape index (κ3) is 8.13. The molecule has 0 aromatic rings. The molecule has 6 nitrogen and oxygen atoms in total. The molecule has 0 spiro atoms. The molecule has 0 aromatic carbocycles. The summed E-state index contributed by atoms with van der Waals surface area (Å²) >= 11 is 0. The minimum absolute atomic E-state index is 0.214. The Kier molecular flexibility index (Phi) is 11.5. The SMILES string of the molecule is CCCCC[C@H](O)/C=C/[C@@H]1/C(=C\CCCCCC(=O)OC)[C@@H](O)[C@@H](O)[C@H]1O. The molecule has 6 heteroatoms. The number of aliphatic hydroxyl groups is 4. The first-order valence-electron chi connectivity index (χ1n) is 10.1. The van der Waals surface area contributed by atoms with Crippen molar-refractivity contribution in [3.05, 3.63) is 23.8 Å². The predicted octanol–water partition coefficient (Wildman–Crippen LogP) is 2.25. The maximum atomic E-state index is 11.1. The molecule has 0 aromatic heterocycles. The van der Waals surface area contributed by atoms with E-state index in [1.165, 1.54) is 7.11 Å². The van der Waals surface area contributed by atoms with Crippen molar-refractivity contribution in [1.82, 2.24) is 0 Å². The van der Waals surface area contributed by atoms with Gasteiger partial charge in [0.15, 0.2) is 0 Å². The average Bonchev–Trinajstić information content (AvgIpc) is 2.86. The van der Waals surface area contributed by atoms with E-state index in [-0.39, 0.29) is 5.97 Å². The van der Waals surface area contributed by atoms with Crippen LogP contribution in [0, 0.1) is 5.92 Å². The predicted molar refractivity (Wildman–Crippen MR) is 104 cm³/mol. The van der Waals surface area contributed by atoms with Gasteiger partial charge in [-0.25, -0.2) is 0 Å². The van der Waals surface area contributed by atoms with E-state index in [4.69, 9.17) is 0 Å². The van der Waals surface area contributed by atoms with Crippen molar-refractivity contribution < 1.29 is 30.0 Å². The molecule has 0 bridgehead atoms. The summed E-state index contributed by atoms with van der Waals surface area (Å²) in [4.78, 5) is 11.1. The summed E-state index contributed by atoms with van der Waals surface area (Å²) in [5.74, 6) is -0.709. The lowest BCUT2D eigenvalue weighted by atomic mass is 9.96. The van der Waals surface area contributed by atoms with Crippen molar-refractivity contribution >= 4 is 5.97 Å². The standard InChI is InChI=1S/C21H36O6/c1-3-4-7-10-15(22)13-14-17-16(19(24)21(26)20(17)25)11-8-5-6-9-12-18(23)27-2/h11,13-15,17,19-22,24-26H,3-10,12H2,1-2H3/b14-13+,16-11+/t15-,17+,19+,20-,21+/m0/s1. The van der Waals surface area contributed by atoms with Gasteiger partial charge in [0.1, 0.15) is 12.2 Å². The van der Waals surface area contributed by atoms with Crippen molar-refractivity contribution in [1.29, 1.82) is 0 Å². The second-order valence-corrected chi connectivity index (χ2v) is 7.28. The fraction of sp³-hybridized carbons (Fsp3) is 0.762. The van der Waals surface area contributed by atoms with Gasteiger partial charge in [0.25, 0.3) is 0 Å². The van der Waals surface area contributed by atoms with E-state index >= 15 is 0 Å². The molecule has 156 valence electrons. The van der Waals surface area contributed by atoms with Crippen molar-refractivity contribution in [3.8, 4) is 0 Å². The van der Waals surface area contributed by atoms with Crippen LogP contribution in [-0.4, -0.2) is 57.9 Å². The first-order chi connectivity index (χ1) is 12.9. The second-order valence-electron chi connectivity index (χ2n) is 7.28. The normalized spacial score (nSPS) is 28.1. The number of rotatable bonds is 12. The highest BCUT2D eigenvalue weighted by molar-refractivity contribution is 5.68. The van der Waals surface area contributed by atoms with Crippen molar-refractivity contribution in [2.45, 2.75) is 89.1 Å². The highest BCUT2D eigenvalue weighted by atomic mass is 16.5. The summed E-state index contributed by atoms with van der Waals surface area (Å²) in [6.45, 7) is 2.10. The Morgan fingerprint density at radius 1 is 1.11 bits per heavy atom. The zero-order chi connectivity index (χ0) is 20.2. The molecule has 1 rings (SSSR count). The fourth-order valence-corrected chi connectivity index (χ4v) is 3.38. The summed E-state index contributed by atoms with van der Waals surface area (Å²) in [6, 6.07) is 0. The summed E-state index contributed by atoms with van der Waals surface area (Å²) in [7, 11) is 1.37. The number of allylic oxidation sites excluding steroid dienone is 1. The van der Waals surface area contributed by atoms with Crippen molar-refractivity contribution in [2.75, 3.05) is 7.11 Å². The van der Waals surface area contributed by atoms with Crippen molar-refractivity contribution in [2.24, 2.45) is 5.92 Å². The van der Waals surface area contributed by atoms with Gasteiger partial charge < -0.3 is 25.2 Å². The number of carbonyl (C=O) groups is 1. The van der Waals surface area contributed by atoms with E-state index < -0.39 is 30.3 Å². The number of aliphatic hydroxyl groups excluding tert-OH is 4. The van der Waals surface area contributed by atoms with Gasteiger partial charge in [-0.05, 0) is 31.3 Å². The summed E-state index contributed by atoms with van der Waals surface area (Å²) in [5.41, 5.74) is 0.597. The van der Waals surface area contributed by atoms with E-state index in [1.807, 2.05) is 6.08 Å².